The minimum atomic E-state index is -0.896. The van der Waals surface area contributed by atoms with Crippen LogP contribution in [0.1, 0.15) is 34.5 Å². The van der Waals surface area contributed by atoms with Crippen LogP contribution in [0.15, 0.2) is 36.4 Å². The lowest BCUT2D eigenvalue weighted by molar-refractivity contribution is 0.101. The summed E-state index contributed by atoms with van der Waals surface area (Å²) >= 11 is 0. The molecule has 2 aromatic carbocycles. The molecular weight excluding hydrogens is 299 g/mol. The predicted molar refractivity (Wildman–Crippen MR) is 84.6 cm³/mol. The third-order valence-electron chi connectivity index (χ3n) is 3.56. The first-order valence-electron chi connectivity index (χ1n) is 7.18. The number of ketones is 1. The van der Waals surface area contributed by atoms with Crippen LogP contribution in [0, 0.1) is 12.7 Å². The van der Waals surface area contributed by atoms with Gasteiger partial charge in [-0.3, -0.25) is 4.79 Å². The lowest BCUT2D eigenvalue weighted by atomic mass is 10.0. The number of rotatable bonds is 6. The van der Waals surface area contributed by atoms with Gasteiger partial charge in [0.15, 0.2) is 17.3 Å². The zero-order valence-corrected chi connectivity index (χ0v) is 13.3. The number of aryl methyl sites for hydroxylation is 1. The lowest BCUT2D eigenvalue weighted by Gasteiger charge is -2.16. The molecule has 0 fully saturated rings. The standard InChI is InChI=1S/C18H19FO4/c1-11-8-14(19)5-6-15(11)16(21)10-23-17-7-4-13(12(2)20)9-18(17)22-3/h4-9,16,21H,10H2,1-3H3/t16-/m1/s1. The largest absolute Gasteiger partial charge is 0.493 e. The Balaban J connectivity index is 2.12. The summed E-state index contributed by atoms with van der Waals surface area (Å²) in [6, 6.07) is 9.05. The summed E-state index contributed by atoms with van der Waals surface area (Å²) in [4.78, 5) is 11.4. The fraction of sp³-hybridized carbons (Fsp3) is 0.278. The average Bonchev–Trinajstić information content (AvgIpc) is 2.52. The maximum atomic E-state index is 13.1. The van der Waals surface area contributed by atoms with Crippen molar-refractivity contribution >= 4 is 5.78 Å². The molecule has 122 valence electrons. The van der Waals surface area contributed by atoms with E-state index in [0.717, 1.165) is 0 Å². The molecule has 0 saturated carbocycles. The minimum absolute atomic E-state index is 0.0117. The summed E-state index contributed by atoms with van der Waals surface area (Å²) < 4.78 is 23.9. The SMILES string of the molecule is COc1cc(C(C)=O)ccc1OC[C@@H](O)c1ccc(F)cc1C. The normalized spacial score (nSPS) is 11.9. The Morgan fingerprint density at radius 3 is 2.57 bits per heavy atom. The van der Waals surface area contributed by atoms with Crippen LogP contribution >= 0.6 is 0 Å². The molecule has 5 heteroatoms. The Bertz CT molecular complexity index is 712. The van der Waals surface area contributed by atoms with Gasteiger partial charge in [0.25, 0.3) is 0 Å². The second-order valence-corrected chi connectivity index (χ2v) is 5.25. The molecule has 23 heavy (non-hydrogen) atoms. The van der Waals surface area contributed by atoms with Gasteiger partial charge in [-0.1, -0.05) is 6.07 Å². The number of hydrogen-bond donors (Lipinski definition) is 1. The zero-order valence-electron chi connectivity index (χ0n) is 13.3. The molecule has 0 bridgehead atoms. The van der Waals surface area contributed by atoms with Crippen molar-refractivity contribution in [2.75, 3.05) is 13.7 Å². The van der Waals surface area contributed by atoms with E-state index in [9.17, 15) is 14.3 Å². The number of methoxy groups -OCH3 is 1. The molecule has 0 heterocycles. The second-order valence-electron chi connectivity index (χ2n) is 5.25. The van der Waals surface area contributed by atoms with Crippen LogP contribution in [-0.4, -0.2) is 24.6 Å². The van der Waals surface area contributed by atoms with Crippen molar-refractivity contribution in [1.29, 1.82) is 0 Å². The third kappa shape index (κ3) is 4.07. The Hall–Kier alpha value is -2.40. The van der Waals surface area contributed by atoms with E-state index >= 15 is 0 Å². The number of carbonyl (C=O) groups is 1. The minimum Gasteiger partial charge on any atom is -0.493 e. The summed E-state index contributed by atoms with van der Waals surface area (Å²) in [6.45, 7) is 3.18. The fourth-order valence-electron chi connectivity index (χ4n) is 2.28. The highest BCUT2D eigenvalue weighted by molar-refractivity contribution is 5.94. The number of aliphatic hydroxyl groups is 1. The maximum Gasteiger partial charge on any atom is 0.161 e. The number of Topliss-reactive ketones (excluding diaryl/α,β-unsaturated/α-hetero) is 1. The number of hydrogen-bond acceptors (Lipinski definition) is 4. The average molecular weight is 318 g/mol. The van der Waals surface area contributed by atoms with Crippen LogP contribution in [0.5, 0.6) is 11.5 Å². The molecule has 1 atom stereocenters. The van der Waals surface area contributed by atoms with Crippen molar-refractivity contribution in [2.24, 2.45) is 0 Å². The van der Waals surface area contributed by atoms with Gasteiger partial charge in [-0.2, -0.15) is 0 Å². The molecule has 4 nitrogen and oxygen atoms in total. The van der Waals surface area contributed by atoms with Crippen molar-refractivity contribution in [3.63, 3.8) is 0 Å². The van der Waals surface area contributed by atoms with E-state index < -0.39 is 6.10 Å². The Kier molecular flexibility index (Phi) is 5.34. The van der Waals surface area contributed by atoms with E-state index in [1.165, 1.54) is 32.2 Å². The second kappa shape index (κ2) is 7.24. The van der Waals surface area contributed by atoms with Crippen LogP contribution in [0.2, 0.25) is 0 Å². The first-order chi connectivity index (χ1) is 10.9. The van der Waals surface area contributed by atoms with Gasteiger partial charge in [-0.05, 0) is 55.3 Å². The first kappa shape index (κ1) is 17.0. The Morgan fingerprint density at radius 1 is 1.22 bits per heavy atom. The smallest absolute Gasteiger partial charge is 0.161 e. The predicted octanol–water partition coefficient (Wildman–Crippen LogP) is 3.46. The quantitative estimate of drug-likeness (QED) is 0.829. The molecule has 0 aliphatic heterocycles. The molecule has 0 aromatic heterocycles. The van der Waals surface area contributed by atoms with Crippen LogP contribution in [0.4, 0.5) is 4.39 Å². The fourth-order valence-corrected chi connectivity index (χ4v) is 2.28. The summed E-state index contributed by atoms with van der Waals surface area (Å²) in [6.07, 6.45) is -0.896. The number of aliphatic hydroxyl groups excluding tert-OH is 1. The molecule has 1 N–H and O–H groups in total. The van der Waals surface area contributed by atoms with Gasteiger partial charge >= 0.3 is 0 Å². The van der Waals surface area contributed by atoms with Gasteiger partial charge < -0.3 is 14.6 Å². The van der Waals surface area contributed by atoms with Crippen molar-refractivity contribution < 1.29 is 23.8 Å². The Morgan fingerprint density at radius 2 is 1.96 bits per heavy atom. The van der Waals surface area contributed by atoms with Crippen molar-refractivity contribution in [2.45, 2.75) is 20.0 Å². The molecular formula is C18H19FO4. The number of carbonyl (C=O) groups excluding carboxylic acids is 1. The van der Waals surface area contributed by atoms with Crippen molar-refractivity contribution in [3.8, 4) is 11.5 Å². The molecule has 0 aliphatic rings. The molecule has 0 amide bonds. The van der Waals surface area contributed by atoms with Crippen LogP contribution < -0.4 is 9.47 Å². The van der Waals surface area contributed by atoms with Gasteiger partial charge in [0.1, 0.15) is 18.5 Å². The summed E-state index contributed by atoms with van der Waals surface area (Å²) in [5.41, 5.74) is 1.77. The van der Waals surface area contributed by atoms with Crippen molar-refractivity contribution in [3.05, 3.63) is 58.9 Å². The molecule has 0 unspecified atom stereocenters. The van der Waals surface area contributed by atoms with Crippen molar-refractivity contribution in [1.82, 2.24) is 0 Å². The molecule has 0 aliphatic carbocycles. The highest BCUT2D eigenvalue weighted by Crippen LogP contribution is 2.29. The topological polar surface area (TPSA) is 55.8 Å². The van der Waals surface area contributed by atoms with Gasteiger partial charge in [0.05, 0.1) is 7.11 Å². The summed E-state index contributed by atoms with van der Waals surface area (Å²) in [7, 11) is 1.48. The van der Waals surface area contributed by atoms with Gasteiger partial charge in [-0.25, -0.2) is 4.39 Å². The van der Waals surface area contributed by atoms with E-state index in [1.54, 1.807) is 25.1 Å². The van der Waals surface area contributed by atoms with Gasteiger partial charge in [0, 0.05) is 5.56 Å². The summed E-state index contributed by atoms with van der Waals surface area (Å²) in [5.74, 6) is 0.426. The molecule has 2 rings (SSSR count). The van der Waals surface area contributed by atoms with E-state index in [4.69, 9.17) is 9.47 Å². The molecule has 0 spiro atoms. The number of benzene rings is 2. The van der Waals surface area contributed by atoms with E-state index in [0.29, 0.717) is 28.2 Å². The highest BCUT2D eigenvalue weighted by atomic mass is 19.1. The maximum absolute atomic E-state index is 13.1. The molecule has 2 aromatic rings. The number of halogens is 1. The van der Waals surface area contributed by atoms with Crippen LogP contribution in [-0.2, 0) is 0 Å². The molecule has 0 radical (unpaired) electrons. The Labute approximate surface area is 134 Å². The zero-order chi connectivity index (χ0) is 17.0. The van der Waals surface area contributed by atoms with E-state index in [1.807, 2.05) is 0 Å². The van der Waals surface area contributed by atoms with Gasteiger partial charge in [-0.15, -0.1) is 0 Å². The highest BCUT2D eigenvalue weighted by Gasteiger charge is 2.14. The third-order valence-corrected chi connectivity index (χ3v) is 3.56. The lowest BCUT2D eigenvalue weighted by Crippen LogP contribution is -2.11. The molecule has 0 saturated heterocycles. The first-order valence-corrected chi connectivity index (χ1v) is 7.18. The van der Waals surface area contributed by atoms with Crippen LogP contribution in [0.3, 0.4) is 0 Å². The summed E-state index contributed by atoms with van der Waals surface area (Å²) in [5, 5.41) is 10.2. The number of ether oxygens (including phenoxy) is 2. The van der Waals surface area contributed by atoms with E-state index in [-0.39, 0.29) is 18.2 Å². The van der Waals surface area contributed by atoms with Gasteiger partial charge in [0.2, 0.25) is 0 Å². The monoisotopic (exact) mass is 318 g/mol. The van der Waals surface area contributed by atoms with E-state index in [2.05, 4.69) is 0 Å². The van der Waals surface area contributed by atoms with Crippen LogP contribution in [0.25, 0.3) is 0 Å².